The molecule has 2 rings (SSSR count). The lowest BCUT2D eigenvalue weighted by atomic mass is 10.1. The van der Waals surface area contributed by atoms with E-state index in [4.69, 9.17) is 16.3 Å². The number of ether oxygens (including phenoxy) is 1. The van der Waals surface area contributed by atoms with Gasteiger partial charge in [-0.15, -0.1) is 0 Å². The van der Waals surface area contributed by atoms with Crippen LogP contribution in [-0.2, 0) is 4.79 Å². The van der Waals surface area contributed by atoms with Gasteiger partial charge < -0.3 is 25.0 Å². The Morgan fingerprint density at radius 1 is 1.46 bits per heavy atom. The van der Waals surface area contributed by atoms with Crippen LogP contribution in [0.3, 0.4) is 0 Å². The number of nitrogens with zero attached hydrogens (tertiary/aromatic N) is 2. The number of benzene rings is 1. The molecule has 1 amide bonds. The van der Waals surface area contributed by atoms with Crippen molar-refractivity contribution in [2.75, 3.05) is 51.8 Å². The molecule has 0 spiro atoms. The SMILES string of the molecule is COc1cc(/C(=C/CO)N2CCCNCC2)c(N(C)C=O)cc1Cl. The summed E-state index contributed by atoms with van der Waals surface area (Å²) in [6, 6.07) is 3.53. The Hall–Kier alpha value is -1.76. The maximum absolute atomic E-state index is 11.3. The molecular formula is C17H24ClN3O3. The van der Waals surface area contributed by atoms with Crippen molar-refractivity contribution < 1.29 is 14.6 Å². The topological polar surface area (TPSA) is 65.0 Å². The van der Waals surface area contributed by atoms with Gasteiger partial charge in [0.2, 0.25) is 6.41 Å². The first-order chi connectivity index (χ1) is 11.6. The maximum Gasteiger partial charge on any atom is 0.213 e. The van der Waals surface area contributed by atoms with E-state index in [-0.39, 0.29) is 6.61 Å². The first-order valence-electron chi connectivity index (χ1n) is 7.95. The number of carbonyl (C=O) groups is 1. The lowest BCUT2D eigenvalue weighted by molar-refractivity contribution is -0.107. The highest BCUT2D eigenvalue weighted by Crippen LogP contribution is 2.37. The third-order valence-corrected chi connectivity index (χ3v) is 4.34. The van der Waals surface area contributed by atoms with Crippen LogP contribution in [0.15, 0.2) is 18.2 Å². The van der Waals surface area contributed by atoms with Gasteiger partial charge in [0.25, 0.3) is 0 Å². The quantitative estimate of drug-likeness (QED) is 0.760. The molecule has 6 nitrogen and oxygen atoms in total. The number of hydrogen-bond donors (Lipinski definition) is 2. The predicted molar refractivity (Wildman–Crippen MR) is 96.6 cm³/mol. The fourth-order valence-electron chi connectivity index (χ4n) is 2.84. The molecule has 1 aliphatic rings. The van der Waals surface area contributed by atoms with Gasteiger partial charge in [-0.05, 0) is 31.2 Å². The minimum absolute atomic E-state index is 0.0888. The molecule has 1 heterocycles. The van der Waals surface area contributed by atoms with E-state index in [1.807, 2.05) is 6.07 Å². The van der Waals surface area contributed by atoms with E-state index < -0.39 is 0 Å². The Morgan fingerprint density at radius 3 is 2.92 bits per heavy atom. The number of amides is 1. The Morgan fingerprint density at radius 2 is 2.25 bits per heavy atom. The largest absolute Gasteiger partial charge is 0.495 e. The maximum atomic E-state index is 11.3. The summed E-state index contributed by atoms with van der Waals surface area (Å²) >= 11 is 6.24. The molecule has 0 radical (unpaired) electrons. The zero-order valence-electron chi connectivity index (χ0n) is 14.1. The molecule has 24 heavy (non-hydrogen) atoms. The molecule has 1 fully saturated rings. The van der Waals surface area contributed by atoms with Gasteiger partial charge >= 0.3 is 0 Å². The van der Waals surface area contributed by atoms with Crippen LogP contribution >= 0.6 is 11.6 Å². The number of halogens is 1. The normalized spacial score (nSPS) is 15.8. The van der Waals surface area contributed by atoms with Crippen LogP contribution in [0.5, 0.6) is 5.75 Å². The van der Waals surface area contributed by atoms with E-state index >= 15 is 0 Å². The lowest BCUT2D eigenvalue weighted by Gasteiger charge is -2.29. The summed E-state index contributed by atoms with van der Waals surface area (Å²) in [5.41, 5.74) is 2.36. The van der Waals surface area contributed by atoms with Crippen LogP contribution in [0, 0.1) is 0 Å². The number of hydrogen-bond acceptors (Lipinski definition) is 5. The molecule has 1 saturated heterocycles. The predicted octanol–water partition coefficient (Wildman–Crippen LogP) is 1.57. The molecule has 132 valence electrons. The highest BCUT2D eigenvalue weighted by molar-refractivity contribution is 6.32. The molecule has 0 aromatic heterocycles. The number of aliphatic hydroxyl groups excluding tert-OH is 1. The zero-order valence-corrected chi connectivity index (χ0v) is 14.8. The average Bonchev–Trinajstić information content (AvgIpc) is 2.88. The summed E-state index contributed by atoms with van der Waals surface area (Å²) in [7, 11) is 3.23. The standard InChI is InChI=1S/C17H24ClN3O3/c1-20(12-23)16-11-14(18)17(24-2)10-13(16)15(4-9-22)21-7-3-5-19-6-8-21/h4,10-12,19,22H,3,5-9H2,1-2H3/b15-4-. The molecule has 1 aromatic rings. The second-order valence-electron chi connectivity index (χ2n) is 5.58. The van der Waals surface area contributed by atoms with Gasteiger partial charge in [0.05, 0.1) is 24.4 Å². The number of anilines is 1. The summed E-state index contributed by atoms with van der Waals surface area (Å²) < 4.78 is 5.33. The van der Waals surface area contributed by atoms with Gasteiger partial charge in [0, 0.05) is 37.9 Å². The summed E-state index contributed by atoms with van der Waals surface area (Å²) in [6.07, 6.45) is 3.50. The van der Waals surface area contributed by atoms with Gasteiger partial charge in [0.1, 0.15) is 5.75 Å². The molecule has 0 atom stereocenters. The second-order valence-corrected chi connectivity index (χ2v) is 5.99. The fourth-order valence-corrected chi connectivity index (χ4v) is 3.07. The zero-order chi connectivity index (χ0) is 17.5. The summed E-state index contributed by atoms with van der Waals surface area (Å²) in [4.78, 5) is 15.0. The third kappa shape index (κ3) is 4.20. The van der Waals surface area contributed by atoms with Crippen molar-refractivity contribution in [3.05, 3.63) is 28.8 Å². The number of methoxy groups -OCH3 is 1. The first kappa shape index (κ1) is 18.6. The van der Waals surface area contributed by atoms with E-state index in [1.165, 1.54) is 4.90 Å². The van der Waals surface area contributed by atoms with Crippen molar-refractivity contribution in [1.82, 2.24) is 10.2 Å². The third-order valence-electron chi connectivity index (χ3n) is 4.05. The van der Waals surface area contributed by atoms with Crippen LogP contribution < -0.4 is 15.0 Å². The van der Waals surface area contributed by atoms with Gasteiger partial charge in [-0.1, -0.05) is 11.6 Å². The van der Waals surface area contributed by atoms with Crippen molar-refractivity contribution in [3.63, 3.8) is 0 Å². The first-order valence-corrected chi connectivity index (χ1v) is 8.33. The van der Waals surface area contributed by atoms with Crippen LogP contribution in [0.25, 0.3) is 5.70 Å². The molecule has 1 aromatic carbocycles. The van der Waals surface area contributed by atoms with Crippen molar-refractivity contribution in [2.24, 2.45) is 0 Å². The van der Waals surface area contributed by atoms with Gasteiger partial charge in [-0.3, -0.25) is 4.79 Å². The highest BCUT2D eigenvalue weighted by atomic mass is 35.5. The van der Waals surface area contributed by atoms with Gasteiger partial charge in [-0.2, -0.15) is 0 Å². The number of nitrogens with one attached hydrogen (secondary N) is 1. The molecule has 0 bridgehead atoms. The minimum atomic E-state index is -0.0888. The molecule has 1 aliphatic heterocycles. The number of aliphatic hydroxyl groups is 1. The Labute approximate surface area is 147 Å². The smallest absolute Gasteiger partial charge is 0.213 e. The highest BCUT2D eigenvalue weighted by Gasteiger charge is 2.20. The van der Waals surface area contributed by atoms with E-state index in [0.717, 1.165) is 50.3 Å². The van der Waals surface area contributed by atoms with Crippen LogP contribution in [0.4, 0.5) is 5.69 Å². The molecule has 7 heteroatoms. The van der Waals surface area contributed by atoms with E-state index in [9.17, 15) is 9.90 Å². The number of rotatable bonds is 6. The molecular weight excluding hydrogens is 330 g/mol. The average molecular weight is 354 g/mol. The summed E-state index contributed by atoms with van der Waals surface area (Å²) in [5.74, 6) is 0.534. The lowest BCUT2D eigenvalue weighted by Crippen LogP contribution is -2.28. The van der Waals surface area contributed by atoms with Crippen molar-refractivity contribution in [2.45, 2.75) is 6.42 Å². The molecule has 0 unspecified atom stereocenters. The van der Waals surface area contributed by atoms with Crippen molar-refractivity contribution >= 4 is 29.4 Å². The van der Waals surface area contributed by atoms with E-state index in [0.29, 0.717) is 16.5 Å². The Kier molecular flexibility index (Phi) is 6.90. The van der Waals surface area contributed by atoms with Crippen LogP contribution in [-0.4, -0.2) is 63.4 Å². The van der Waals surface area contributed by atoms with Crippen LogP contribution in [0.2, 0.25) is 5.02 Å². The number of carbonyl (C=O) groups excluding carboxylic acids is 1. The van der Waals surface area contributed by atoms with Crippen molar-refractivity contribution in [3.8, 4) is 5.75 Å². The van der Waals surface area contributed by atoms with Gasteiger partial charge in [-0.25, -0.2) is 0 Å². The van der Waals surface area contributed by atoms with Gasteiger partial charge in [0.15, 0.2) is 0 Å². The van der Waals surface area contributed by atoms with E-state index in [2.05, 4.69) is 10.2 Å². The Balaban J connectivity index is 2.54. The fraction of sp³-hybridized carbons (Fsp3) is 0.471. The minimum Gasteiger partial charge on any atom is -0.495 e. The monoisotopic (exact) mass is 353 g/mol. The summed E-state index contributed by atoms with van der Waals surface area (Å²) in [5, 5.41) is 13.3. The summed E-state index contributed by atoms with van der Waals surface area (Å²) in [6.45, 7) is 3.43. The molecule has 0 saturated carbocycles. The van der Waals surface area contributed by atoms with E-state index in [1.54, 1.807) is 26.3 Å². The van der Waals surface area contributed by atoms with Crippen LogP contribution in [0.1, 0.15) is 12.0 Å². The Bertz CT molecular complexity index is 599. The molecule has 0 aliphatic carbocycles. The molecule has 2 N–H and O–H groups in total. The second kappa shape index (κ2) is 8.92. The van der Waals surface area contributed by atoms with Crippen molar-refractivity contribution in [1.29, 1.82) is 0 Å².